The number of hydrogen-bond donors (Lipinski definition) is 1. The molecule has 2 atom stereocenters. The van der Waals surface area contributed by atoms with Gasteiger partial charge in [0.2, 0.25) is 0 Å². The summed E-state index contributed by atoms with van der Waals surface area (Å²) in [6.07, 6.45) is 2.73. The van der Waals surface area contributed by atoms with Gasteiger partial charge in [0.1, 0.15) is 23.7 Å². The Kier molecular flexibility index (Phi) is 3.50. The number of aryl methyl sites for hydroxylation is 2. The second-order valence-corrected chi connectivity index (χ2v) is 5.28. The minimum absolute atomic E-state index is 0.227. The van der Waals surface area contributed by atoms with Crippen molar-refractivity contribution in [3.8, 4) is 5.75 Å². The molecule has 6 heteroatoms. The van der Waals surface area contributed by atoms with Crippen molar-refractivity contribution in [3.05, 3.63) is 36.0 Å². The molecule has 0 spiro atoms. The molecule has 0 aromatic carbocycles. The number of aromatic nitrogens is 2. The molecule has 1 aliphatic rings. The van der Waals surface area contributed by atoms with E-state index < -0.39 is 6.10 Å². The summed E-state index contributed by atoms with van der Waals surface area (Å²) in [5.74, 6) is 2.51. The monoisotopic (exact) mass is 277 g/mol. The summed E-state index contributed by atoms with van der Waals surface area (Å²) >= 11 is 0. The first-order chi connectivity index (χ1) is 9.60. The van der Waals surface area contributed by atoms with Gasteiger partial charge in [0.25, 0.3) is 0 Å². The zero-order valence-electron chi connectivity index (χ0n) is 11.7. The predicted octanol–water partition coefficient (Wildman–Crippen LogP) is 0.946. The summed E-state index contributed by atoms with van der Waals surface area (Å²) in [5, 5.41) is 14.1. The topological polar surface area (TPSA) is 63.7 Å². The van der Waals surface area contributed by atoms with Crippen LogP contribution in [0.4, 0.5) is 0 Å². The maximum atomic E-state index is 10.1. The molecule has 0 radical (unpaired) electrons. The van der Waals surface area contributed by atoms with E-state index in [1.54, 1.807) is 17.1 Å². The van der Waals surface area contributed by atoms with Crippen LogP contribution in [0.25, 0.3) is 0 Å². The van der Waals surface area contributed by atoms with Gasteiger partial charge in [-0.25, -0.2) is 0 Å². The molecule has 20 heavy (non-hydrogen) atoms. The number of furan rings is 1. The van der Waals surface area contributed by atoms with E-state index in [1.165, 1.54) is 0 Å². The molecule has 2 aromatic rings. The van der Waals surface area contributed by atoms with Gasteiger partial charge >= 0.3 is 0 Å². The summed E-state index contributed by atoms with van der Waals surface area (Å²) in [6, 6.07) is 3.92. The zero-order chi connectivity index (χ0) is 14.1. The molecular weight excluding hydrogens is 258 g/mol. The molecule has 0 aliphatic carbocycles. The minimum atomic E-state index is -0.494. The van der Waals surface area contributed by atoms with E-state index in [2.05, 4.69) is 10.00 Å². The van der Waals surface area contributed by atoms with Crippen molar-refractivity contribution in [1.82, 2.24) is 14.7 Å². The molecule has 0 amide bonds. The van der Waals surface area contributed by atoms with Crippen molar-refractivity contribution in [2.24, 2.45) is 7.05 Å². The first kappa shape index (κ1) is 13.2. The van der Waals surface area contributed by atoms with Crippen LogP contribution in [0.15, 0.2) is 28.9 Å². The highest BCUT2D eigenvalue weighted by atomic mass is 16.5. The largest absolute Gasteiger partial charge is 0.483 e. The first-order valence-corrected chi connectivity index (χ1v) is 6.71. The smallest absolute Gasteiger partial charge is 0.157 e. The van der Waals surface area contributed by atoms with Gasteiger partial charge in [-0.2, -0.15) is 5.10 Å². The minimum Gasteiger partial charge on any atom is -0.483 e. The Balaban J connectivity index is 1.59. The molecule has 2 aromatic heterocycles. The molecule has 6 nitrogen and oxygen atoms in total. The third-order valence-corrected chi connectivity index (χ3v) is 3.46. The standard InChI is InChI=1S/C14H19N3O3/c1-10-3-4-11(19-10)7-17-8-13(18)14(9-17)20-12-5-15-16(2)6-12/h3-6,13-14,18H,7-9H2,1-2H3/t13-,14-/m1/s1. The highest BCUT2D eigenvalue weighted by molar-refractivity contribution is 5.13. The average Bonchev–Trinajstić information content (AvgIpc) is 3.05. The number of hydrogen-bond acceptors (Lipinski definition) is 5. The number of likely N-dealkylation sites (tertiary alicyclic amines) is 1. The van der Waals surface area contributed by atoms with E-state index in [0.717, 1.165) is 11.5 Å². The summed E-state index contributed by atoms with van der Waals surface area (Å²) in [4.78, 5) is 2.13. The van der Waals surface area contributed by atoms with E-state index in [-0.39, 0.29) is 6.10 Å². The molecule has 1 N–H and O–H groups in total. The zero-order valence-corrected chi connectivity index (χ0v) is 11.7. The number of ether oxygens (including phenoxy) is 1. The second kappa shape index (κ2) is 5.30. The molecule has 108 valence electrons. The molecular formula is C14H19N3O3. The fourth-order valence-corrected chi connectivity index (χ4v) is 2.50. The quantitative estimate of drug-likeness (QED) is 0.901. The van der Waals surface area contributed by atoms with Crippen LogP contribution in [0.2, 0.25) is 0 Å². The van der Waals surface area contributed by atoms with E-state index in [0.29, 0.717) is 25.4 Å². The summed E-state index contributed by atoms with van der Waals surface area (Å²) in [5.41, 5.74) is 0. The van der Waals surface area contributed by atoms with Crippen molar-refractivity contribution in [2.45, 2.75) is 25.7 Å². The second-order valence-electron chi connectivity index (χ2n) is 5.28. The molecule has 0 saturated carbocycles. The fourth-order valence-electron chi connectivity index (χ4n) is 2.50. The Labute approximate surface area is 117 Å². The van der Waals surface area contributed by atoms with Crippen LogP contribution in [0.5, 0.6) is 5.75 Å². The molecule has 0 unspecified atom stereocenters. The van der Waals surface area contributed by atoms with Gasteiger partial charge < -0.3 is 14.3 Å². The molecule has 1 saturated heterocycles. The Hall–Kier alpha value is -1.79. The van der Waals surface area contributed by atoms with Crippen molar-refractivity contribution in [2.75, 3.05) is 13.1 Å². The van der Waals surface area contributed by atoms with Crippen LogP contribution in [-0.4, -0.2) is 45.1 Å². The highest BCUT2D eigenvalue weighted by Crippen LogP contribution is 2.20. The Morgan fingerprint density at radius 3 is 2.95 bits per heavy atom. The van der Waals surface area contributed by atoms with Crippen LogP contribution in [0, 0.1) is 6.92 Å². The third-order valence-electron chi connectivity index (χ3n) is 3.46. The van der Waals surface area contributed by atoms with Gasteiger partial charge in [-0.1, -0.05) is 0 Å². The van der Waals surface area contributed by atoms with Crippen molar-refractivity contribution < 1.29 is 14.3 Å². The highest BCUT2D eigenvalue weighted by Gasteiger charge is 2.33. The van der Waals surface area contributed by atoms with Crippen LogP contribution in [-0.2, 0) is 13.6 Å². The van der Waals surface area contributed by atoms with Gasteiger partial charge in [-0.3, -0.25) is 9.58 Å². The van der Waals surface area contributed by atoms with Crippen LogP contribution in [0.1, 0.15) is 11.5 Å². The maximum absolute atomic E-state index is 10.1. The van der Waals surface area contributed by atoms with E-state index in [9.17, 15) is 5.11 Å². The molecule has 3 rings (SSSR count). The lowest BCUT2D eigenvalue weighted by molar-refractivity contribution is 0.0736. The van der Waals surface area contributed by atoms with Gasteiger partial charge in [-0.15, -0.1) is 0 Å². The SMILES string of the molecule is Cc1ccc(CN2C[C@@H](O)[C@H](Oc3cnn(C)c3)C2)o1. The normalized spacial score (nSPS) is 23.4. The van der Waals surface area contributed by atoms with Crippen molar-refractivity contribution >= 4 is 0 Å². The fraction of sp³-hybridized carbons (Fsp3) is 0.500. The lowest BCUT2D eigenvalue weighted by Crippen LogP contribution is -2.29. The van der Waals surface area contributed by atoms with Crippen LogP contribution in [0.3, 0.4) is 0 Å². The number of rotatable bonds is 4. The Morgan fingerprint density at radius 1 is 1.45 bits per heavy atom. The molecule has 1 aliphatic heterocycles. The van der Waals surface area contributed by atoms with E-state index >= 15 is 0 Å². The van der Waals surface area contributed by atoms with Crippen LogP contribution < -0.4 is 4.74 Å². The van der Waals surface area contributed by atoms with Crippen LogP contribution >= 0.6 is 0 Å². The Bertz CT molecular complexity index is 578. The van der Waals surface area contributed by atoms with Gasteiger partial charge in [0.05, 0.1) is 18.9 Å². The Morgan fingerprint density at radius 2 is 2.30 bits per heavy atom. The van der Waals surface area contributed by atoms with E-state index in [1.807, 2.05) is 26.1 Å². The number of aliphatic hydroxyl groups is 1. The molecule has 3 heterocycles. The molecule has 1 fully saturated rings. The summed E-state index contributed by atoms with van der Waals surface area (Å²) in [6.45, 7) is 3.88. The lowest BCUT2D eigenvalue weighted by Gasteiger charge is -2.15. The van der Waals surface area contributed by atoms with Crippen molar-refractivity contribution in [3.63, 3.8) is 0 Å². The van der Waals surface area contributed by atoms with Gasteiger partial charge in [0.15, 0.2) is 5.75 Å². The van der Waals surface area contributed by atoms with E-state index in [4.69, 9.17) is 9.15 Å². The third kappa shape index (κ3) is 2.86. The van der Waals surface area contributed by atoms with Crippen molar-refractivity contribution in [1.29, 1.82) is 0 Å². The number of nitrogens with zero attached hydrogens (tertiary/aromatic N) is 3. The average molecular weight is 277 g/mol. The number of aliphatic hydroxyl groups excluding tert-OH is 1. The maximum Gasteiger partial charge on any atom is 0.157 e. The number of β-amino-alcohol motifs (C(OH)–C–C–N with tert-alkyl or cyclic N) is 1. The predicted molar refractivity (Wildman–Crippen MR) is 72.4 cm³/mol. The summed E-state index contributed by atoms with van der Waals surface area (Å²) < 4.78 is 13.0. The molecule has 0 bridgehead atoms. The van der Waals surface area contributed by atoms with Gasteiger partial charge in [-0.05, 0) is 19.1 Å². The summed E-state index contributed by atoms with van der Waals surface area (Å²) in [7, 11) is 1.84. The first-order valence-electron chi connectivity index (χ1n) is 6.71. The van der Waals surface area contributed by atoms with Gasteiger partial charge in [0, 0.05) is 20.1 Å². The lowest BCUT2D eigenvalue weighted by atomic mass is 10.3.